The van der Waals surface area contributed by atoms with Gasteiger partial charge in [0.2, 0.25) is 5.91 Å². The zero-order chi connectivity index (χ0) is 14.5. The molecule has 1 aliphatic heterocycles. The van der Waals surface area contributed by atoms with Crippen molar-refractivity contribution in [3.05, 3.63) is 33.8 Å². The van der Waals surface area contributed by atoms with Crippen molar-refractivity contribution in [2.45, 2.75) is 11.3 Å². The third-order valence-corrected chi connectivity index (χ3v) is 6.40. The second-order valence-electron chi connectivity index (χ2n) is 4.15. The van der Waals surface area contributed by atoms with Crippen LogP contribution in [0.2, 0.25) is 10.0 Å². The second-order valence-corrected chi connectivity index (χ2v) is 7.39. The molecule has 1 saturated heterocycles. The Hall–Kier alpha value is -0.540. The number of hydrogen-bond acceptors (Lipinski definition) is 4. The zero-order valence-corrected chi connectivity index (χ0v) is 13.6. The molecule has 1 amide bonds. The van der Waals surface area contributed by atoms with Crippen molar-refractivity contribution in [1.29, 1.82) is 5.26 Å². The fraction of sp³-hybridized carbons (Fsp3) is 0.385. The van der Waals surface area contributed by atoms with Crippen LogP contribution in [0.5, 0.6) is 0 Å². The third kappa shape index (κ3) is 3.76. The number of carbonyl (C=O) groups excluding carboxylic acids is 1. The summed E-state index contributed by atoms with van der Waals surface area (Å²) in [7, 11) is 0. The van der Waals surface area contributed by atoms with Gasteiger partial charge in [0.25, 0.3) is 0 Å². The molecule has 0 radical (unpaired) electrons. The molecule has 7 heteroatoms. The van der Waals surface area contributed by atoms with Gasteiger partial charge in [0.15, 0.2) is 0 Å². The molecule has 1 N–H and O–H groups in total. The molecule has 1 aromatic rings. The number of nitrogens with one attached hydrogen (secondary N) is 1. The lowest BCUT2D eigenvalue weighted by Crippen LogP contribution is -2.38. The average Bonchev–Trinajstić information content (AvgIpc) is 2.48. The van der Waals surface area contributed by atoms with Gasteiger partial charge in [0, 0.05) is 22.8 Å². The van der Waals surface area contributed by atoms with E-state index in [0.29, 0.717) is 15.6 Å². The standard InChI is InChI=1S/C13H12Cl2N2OS2/c14-9-3-1-2-8(12(9)15)10(6-16)17-13(18)11-7-19-4-5-20-11/h1-3,10-11H,4-5,7H2,(H,17,18). The molecule has 1 heterocycles. The Morgan fingerprint density at radius 3 is 2.90 bits per heavy atom. The van der Waals surface area contributed by atoms with Gasteiger partial charge in [-0.05, 0) is 6.07 Å². The number of nitriles is 1. The van der Waals surface area contributed by atoms with Crippen LogP contribution < -0.4 is 5.32 Å². The molecule has 2 unspecified atom stereocenters. The van der Waals surface area contributed by atoms with E-state index in [4.69, 9.17) is 23.2 Å². The smallest absolute Gasteiger partial charge is 0.235 e. The van der Waals surface area contributed by atoms with E-state index < -0.39 is 6.04 Å². The Bertz CT molecular complexity index is 542. The summed E-state index contributed by atoms with van der Waals surface area (Å²) in [6.07, 6.45) is 0. The van der Waals surface area contributed by atoms with Crippen molar-refractivity contribution >= 4 is 52.6 Å². The number of rotatable bonds is 3. The average molecular weight is 347 g/mol. The highest BCUT2D eigenvalue weighted by Crippen LogP contribution is 2.30. The molecule has 1 aliphatic rings. The fourth-order valence-electron chi connectivity index (χ4n) is 1.80. The van der Waals surface area contributed by atoms with Crippen LogP contribution in [0.25, 0.3) is 0 Å². The van der Waals surface area contributed by atoms with Gasteiger partial charge in [0.1, 0.15) is 6.04 Å². The Morgan fingerprint density at radius 1 is 1.45 bits per heavy atom. The molecular formula is C13H12Cl2N2OS2. The molecule has 20 heavy (non-hydrogen) atoms. The lowest BCUT2D eigenvalue weighted by atomic mass is 10.1. The Kier molecular flexibility index (Phi) is 5.91. The van der Waals surface area contributed by atoms with Gasteiger partial charge in [-0.15, -0.1) is 11.8 Å². The van der Waals surface area contributed by atoms with Crippen molar-refractivity contribution < 1.29 is 4.79 Å². The van der Waals surface area contributed by atoms with Crippen molar-refractivity contribution in [1.82, 2.24) is 5.32 Å². The van der Waals surface area contributed by atoms with Crippen molar-refractivity contribution in [2.24, 2.45) is 0 Å². The monoisotopic (exact) mass is 346 g/mol. The van der Waals surface area contributed by atoms with E-state index in [0.717, 1.165) is 17.3 Å². The van der Waals surface area contributed by atoms with Gasteiger partial charge in [0.05, 0.1) is 21.4 Å². The first-order valence-electron chi connectivity index (χ1n) is 5.96. The highest BCUT2D eigenvalue weighted by Gasteiger charge is 2.26. The minimum absolute atomic E-state index is 0.109. The zero-order valence-electron chi connectivity index (χ0n) is 10.4. The maximum Gasteiger partial charge on any atom is 0.235 e. The van der Waals surface area contributed by atoms with Crippen LogP contribution in [0, 0.1) is 11.3 Å². The van der Waals surface area contributed by atoms with E-state index in [2.05, 4.69) is 11.4 Å². The predicted octanol–water partition coefficient (Wildman–Crippen LogP) is 3.52. The number of amides is 1. The molecule has 106 valence electrons. The largest absolute Gasteiger partial charge is 0.336 e. The lowest BCUT2D eigenvalue weighted by molar-refractivity contribution is -0.120. The van der Waals surface area contributed by atoms with Crippen LogP contribution in [-0.4, -0.2) is 28.4 Å². The molecule has 3 nitrogen and oxygen atoms in total. The molecule has 0 spiro atoms. The SMILES string of the molecule is N#CC(NC(=O)C1CSCCS1)c1cccc(Cl)c1Cl. The maximum atomic E-state index is 12.2. The topological polar surface area (TPSA) is 52.9 Å². The molecular weight excluding hydrogens is 335 g/mol. The van der Waals surface area contributed by atoms with E-state index in [1.165, 1.54) is 0 Å². The second kappa shape index (κ2) is 7.46. The van der Waals surface area contributed by atoms with Gasteiger partial charge >= 0.3 is 0 Å². The molecule has 0 bridgehead atoms. The summed E-state index contributed by atoms with van der Waals surface area (Å²) in [6.45, 7) is 0. The van der Waals surface area contributed by atoms with Gasteiger partial charge in [-0.3, -0.25) is 4.79 Å². The summed E-state index contributed by atoms with van der Waals surface area (Å²) in [5, 5.41) is 12.6. The maximum absolute atomic E-state index is 12.2. The molecule has 1 fully saturated rings. The molecule has 2 rings (SSSR count). The number of thioether (sulfide) groups is 2. The van der Waals surface area contributed by atoms with E-state index >= 15 is 0 Å². The summed E-state index contributed by atoms with van der Waals surface area (Å²) >= 11 is 15.4. The Labute approximate surface area is 136 Å². The van der Waals surface area contributed by atoms with Gasteiger partial charge in [-0.2, -0.15) is 17.0 Å². The first-order chi connectivity index (χ1) is 9.63. The Morgan fingerprint density at radius 2 is 2.25 bits per heavy atom. The Balaban J connectivity index is 2.11. The lowest BCUT2D eigenvalue weighted by Gasteiger charge is -2.22. The summed E-state index contributed by atoms with van der Waals surface area (Å²) in [4.78, 5) is 12.2. The minimum Gasteiger partial charge on any atom is -0.336 e. The highest BCUT2D eigenvalue weighted by molar-refractivity contribution is 8.07. The quantitative estimate of drug-likeness (QED) is 0.909. The molecule has 1 aromatic carbocycles. The number of hydrogen-bond donors (Lipinski definition) is 1. The van der Waals surface area contributed by atoms with E-state index in [1.807, 2.05) is 0 Å². The van der Waals surface area contributed by atoms with Crippen LogP contribution in [0.1, 0.15) is 11.6 Å². The normalized spacial score (nSPS) is 19.9. The van der Waals surface area contributed by atoms with Crippen molar-refractivity contribution in [3.8, 4) is 6.07 Å². The van der Waals surface area contributed by atoms with Crippen molar-refractivity contribution in [2.75, 3.05) is 17.3 Å². The number of halogens is 2. The highest BCUT2D eigenvalue weighted by atomic mass is 35.5. The van der Waals surface area contributed by atoms with Gasteiger partial charge < -0.3 is 5.32 Å². The van der Waals surface area contributed by atoms with E-state index in [-0.39, 0.29) is 11.2 Å². The van der Waals surface area contributed by atoms with Crippen LogP contribution in [0.3, 0.4) is 0 Å². The summed E-state index contributed by atoms with van der Waals surface area (Å²) in [5.41, 5.74) is 0.531. The third-order valence-electron chi connectivity index (χ3n) is 2.82. The van der Waals surface area contributed by atoms with E-state index in [9.17, 15) is 10.1 Å². The number of nitrogens with zero attached hydrogens (tertiary/aromatic N) is 1. The number of carbonyl (C=O) groups is 1. The van der Waals surface area contributed by atoms with Gasteiger partial charge in [-0.1, -0.05) is 35.3 Å². The molecule has 0 aromatic heterocycles. The number of benzene rings is 1. The van der Waals surface area contributed by atoms with Crippen LogP contribution in [0.4, 0.5) is 0 Å². The van der Waals surface area contributed by atoms with Crippen LogP contribution in [0.15, 0.2) is 18.2 Å². The molecule has 2 atom stereocenters. The minimum atomic E-state index is -0.777. The van der Waals surface area contributed by atoms with Crippen molar-refractivity contribution in [3.63, 3.8) is 0 Å². The van der Waals surface area contributed by atoms with E-state index in [1.54, 1.807) is 41.7 Å². The first-order valence-corrected chi connectivity index (χ1v) is 8.92. The van der Waals surface area contributed by atoms with Gasteiger partial charge in [-0.25, -0.2) is 0 Å². The summed E-state index contributed by atoms with van der Waals surface area (Å²) < 4.78 is 0. The molecule has 0 aliphatic carbocycles. The summed E-state index contributed by atoms with van der Waals surface area (Å²) in [6, 6.07) is 6.35. The molecule has 0 saturated carbocycles. The first kappa shape index (κ1) is 15.8. The fourth-order valence-corrected chi connectivity index (χ4v) is 4.78. The van der Waals surface area contributed by atoms with Crippen LogP contribution in [-0.2, 0) is 4.79 Å². The van der Waals surface area contributed by atoms with Crippen LogP contribution >= 0.6 is 46.7 Å². The predicted molar refractivity (Wildman–Crippen MR) is 86.5 cm³/mol. The summed E-state index contributed by atoms with van der Waals surface area (Å²) in [5.74, 6) is 2.68.